The maximum atomic E-state index is 13.3. The quantitative estimate of drug-likeness (QED) is 0.367. The van der Waals surface area contributed by atoms with Crippen molar-refractivity contribution in [1.29, 1.82) is 5.41 Å². The van der Waals surface area contributed by atoms with Gasteiger partial charge in [-0.2, -0.15) is 4.57 Å². The lowest BCUT2D eigenvalue weighted by Crippen LogP contribution is -2.34. The van der Waals surface area contributed by atoms with E-state index in [9.17, 15) is 9.59 Å². The number of nitrogens with zero attached hydrogens (tertiary/aromatic N) is 5. The molecule has 32 heavy (non-hydrogen) atoms. The van der Waals surface area contributed by atoms with Gasteiger partial charge in [-0.15, -0.1) is 0 Å². The first-order valence-corrected chi connectivity index (χ1v) is 10.5. The molecule has 0 aliphatic carbocycles. The highest BCUT2D eigenvalue weighted by Gasteiger charge is 2.25. The number of benzene rings is 1. The SMILES string of the molecule is CC(C)(C)OC(=O)n1c(=O)n(Cc2nc3ccccc3n2CCCC=N)c2ccncc21. The van der Waals surface area contributed by atoms with E-state index in [0.29, 0.717) is 29.8 Å². The van der Waals surface area contributed by atoms with Crippen molar-refractivity contribution in [2.75, 3.05) is 0 Å². The molecule has 1 aromatic carbocycles. The van der Waals surface area contributed by atoms with Crippen LogP contribution in [-0.2, 0) is 17.8 Å². The molecule has 0 amide bonds. The van der Waals surface area contributed by atoms with Gasteiger partial charge >= 0.3 is 11.8 Å². The lowest BCUT2D eigenvalue weighted by atomic mass is 10.2. The fourth-order valence-corrected chi connectivity index (χ4v) is 3.73. The van der Waals surface area contributed by atoms with Crippen LogP contribution in [0, 0.1) is 5.41 Å². The number of ether oxygens (including phenoxy) is 1. The Balaban J connectivity index is 1.82. The lowest BCUT2D eigenvalue weighted by Gasteiger charge is -2.19. The predicted molar refractivity (Wildman–Crippen MR) is 122 cm³/mol. The van der Waals surface area contributed by atoms with Crippen molar-refractivity contribution in [1.82, 2.24) is 23.7 Å². The minimum absolute atomic E-state index is 0.189. The average Bonchev–Trinajstić information content (AvgIpc) is 3.22. The molecule has 0 saturated heterocycles. The second-order valence-corrected chi connectivity index (χ2v) is 8.56. The molecule has 0 bridgehead atoms. The number of hydrogen-bond acceptors (Lipinski definition) is 6. The van der Waals surface area contributed by atoms with Crippen LogP contribution in [-0.4, -0.2) is 41.6 Å². The molecule has 166 valence electrons. The van der Waals surface area contributed by atoms with Crippen molar-refractivity contribution in [3.8, 4) is 0 Å². The number of pyridine rings is 1. The fraction of sp³-hybridized carbons (Fsp3) is 0.348. The molecule has 9 heteroatoms. The van der Waals surface area contributed by atoms with E-state index in [1.807, 2.05) is 24.3 Å². The summed E-state index contributed by atoms with van der Waals surface area (Å²) in [6.07, 6.45) is 5.18. The highest BCUT2D eigenvalue weighted by atomic mass is 16.6. The second kappa shape index (κ2) is 8.41. The van der Waals surface area contributed by atoms with Gasteiger partial charge in [-0.05, 0) is 58.0 Å². The van der Waals surface area contributed by atoms with E-state index in [4.69, 9.17) is 15.1 Å². The zero-order valence-corrected chi connectivity index (χ0v) is 18.4. The Kier molecular flexibility index (Phi) is 5.65. The first-order chi connectivity index (χ1) is 15.3. The number of imidazole rings is 2. The largest absolute Gasteiger partial charge is 0.443 e. The molecule has 9 nitrogen and oxygen atoms in total. The molecule has 0 saturated carbocycles. The topological polar surface area (TPSA) is 108 Å². The molecule has 0 aliphatic heterocycles. The number of nitrogens with one attached hydrogen (secondary N) is 1. The molecule has 0 atom stereocenters. The van der Waals surface area contributed by atoms with E-state index in [1.54, 1.807) is 33.0 Å². The van der Waals surface area contributed by atoms with Crippen LogP contribution in [0.25, 0.3) is 22.1 Å². The van der Waals surface area contributed by atoms with Gasteiger partial charge in [0.1, 0.15) is 11.4 Å². The molecule has 0 aliphatic rings. The zero-order chi connectivity index (χ0) is 22.9. The van der Waals surface area contributed by atoms with E-state index in [-0.39, 0.29) is 6.54 Å². The average molecular weight is 435 g/mol. The van der Waals surface area contributed by atoms with Crippen LogP contribution < -0.4 is 5.69 Å². The Hall–Kier alpha value is -3.75. The third-order valence-corrected chi connectivity index (χ3v) is 5.07. The highest BCUT2D eigenvalue weighted by Crippen LogP contribution is 2.20. The molecule has 3 heterocycles. The number of unbranched alkanes of at least 4 members (excludes halogenated alkanes) is 1. The number of hydrogen-bond donors (Lipinski definition) is 1. The molecule has 3 aromatic heterocycles. The normalized spacial score (nSPS) is 11.8. The van der Waals surface area contributed by atoms with Crippen LogP contribution >= 0.6 is 0 Å². The molecular weight excluding hydrogens is 408 g/mol. The van der Waals surface area contributed by atoms with Crippen LogP contribution in [0.3, 0.4) is 0 Å². The minimum Gasteiger partial charge on any atom is -0.443 e. The van der Waals surface area contributed by atoms with Crippen molar-refractivity contribution >= 4 is 34.4 Å². The smallest absolute Gasteiger partial charge is 0.423 e. The van der Waals surface area contributed by atoms with Crippen LogP contribution in [0.15, 0.2) is 47.5 Å². The van der Waals surface area contributed by atoms with Gasteiger partial charge < -0.3 is 14.7 Å². The zero-order valence-electron chi connectivity index (χ0n) is 18.4. The standard InChI is InChI=1S/C23H26N6O3/c1-23(2,3)32-22(31)29-19-14-25-12-10-18(19)28(21(29)30)15-20-26-16-8-4-5-9-17(16)27(20)13-7-6-11-24/h4-5,8-12,14,24H,6-7,13,15H2,1-3H3. The fourth-order valence-electron chi connectivity index (χ4n) is 3.73. The second-order valence-electron chi connectivity index (χ2n) is 8.56. The van der Waals surface area contributed by atoms with Gasteiger partial charge in [-0.1, -0.05) is 12.1 Å². The van der Waals surface area contributed by atoms with Crippen LogP contribution in [0.5, 0.6) is 0 Å². The summed E-state index contributed by atoms with van der Waals surface area (Å²) >= 11 is 0. The summed E-state index contributed by atoms with van der Waals surface area (Å²) in [5.41, 5.74) is 1.53. The molecule has 0 fully saturated rings. The van der Waals surface area contributed by atoms with E-state index < -0.39 is 17.4 Å². The third kappa shape index (κ3) is 4.05. The molecule has 4 rings (SSSR count). The van der Waals surface area contributed by atoms with Gasteiger partial charge in [0.05, 0.1) is 34.8 Å². The number of para-hydroxylation sites is 2. The Morgan fingerprint density at radius 3 is 2.66 bits per heavy atom. The van der Waals surface area contributed by atoms with Gasteiger partial charge in [-0.25, -0.2) is 14.6 Å². The van der Waals surface area contributed by atoms with Gasteiger partial charge in [0, 0.05) is 12.7 Å². The van der Waals surface area contributed by atoms with Gasteiger partial charge in [-0.3, -0.25) is 9.55 Å². The maximum Gasteiger partial charge on any atom is 0.423 e. The van der Waals surface area contributed by atoms with Gasteiger partial charge in [0.2, 0.25) is 0 Å². The number of fused-ring (bicyclic) bond motifs is 2. The predicted octanol–water partition coefficient (Wildman–Crippen LogP) is 3.81. The summed E-state index contributed by atoms with van der Waals surface area (Å²) in [5.74, 6) is 0.707. The number of rotatable bonds is 6. The van der Waals surface area contributed by atoms with Gasteiger partial charge in [0.15, 0.2) is 0 Å². The lowest BCUT2D eigenvalue weighted by molar-refractivity contribution is 0.0537. The molecular formula is C23H26N6O3. The highest BCUT2D eigenvalue weighted by molar-refractivity contribution is 5.86. The van der Waals surface area contributed by atoms with Crippen LogP contribution in [0.1, 0.15) is 39.4 Å². The number of aryl methyl sites for hydroxylation is 1. The summed E-state index contributed by atoms with van der Waals surface area (Å²) in [5, 5.41) is 7.30. The molecule has 0 unspecified atom stereocenters. The number of carbonyl (C=O) groups is 1. The Bertz CT molecular complexity index is 1360. The Morgan fingerprint density at radius 2 is 1.91 bits per heavy atom. The van der Waals surface area contributed by atoms with Crippen molar-refractivity contribution in [3.63, 3.8) is 0 Å². The summed E-state index contributed by atoms with van der Waals surface area (Å²) in [6, 6.07) is 9.51. The summed E-state index contributed by atoms with van der Waals surface area (Å²) in [7, 11) is 0. The van der Waals surface area contributed by atoms with Crippen LogP contribution in [0.2, 0.25) is 0 Å². The van der Waals surface area contributed by atoms with E-state index >= 15 is 0 Å². The maximum absolute atomic E-state index is 13.3. The minimum atomic E-state index is -0.740. The molecule has 1 N–H and O–H groups in total. The Labute approximate surface area is 184 Å². The Morgan fingerprint density at radius 1 is 1.12 bits per heavy atom. The van der Waals surface area contributed by atoms with Crippen molar-refractivity contribution in [3.05, 3.63) is 59.0 Å². The number of aromatic nitrogens is 5. The van der Waals surface area contributed by atoms with Crippen molar-refractivity contribution in [2.45, 2.75) is 52.3 Å². The van der Waals surface area contributed by atoms with E-state index in [0.717, 1.165) is 22.0 Å². The number of carbonyl (C=O) groups excluding carboxylic acids is 1. The molecule has 0 spiro atoms. The summed E-state index contributed by atoms with van der Waals surface area (Å²) < 4.78 is 10.1. The first kappa shape index (κ1) is 21.5. The molecule has 4 aromatic rings. The third-order valence-electron chi connectivity index (χ3n) is 5.07. The van der Waals surface area contributed by atoms with E-state index in [1.165, 1.54) is 17.0 Å². The molecule has 0 radical (unpaired) electrons. The van der Waals surface area contributed by atoms with Crippen molar-refractivity contribution in [2.24, 2.45) is 0 Å². The van der Waals surface area contributed by atoms with E-state index in [2.05, 4.69) is 9.55 Å². The monoisotopic (exact) mass is 434 g/mol. The summed E-state index contributed by atoms with van der Waals surface area (Å²) in [4.78, 5) is 35.0. The van der Waals surface area contributed by atoms with Gasteiger partial charge in [0.25, 0.3) is 0 Å². The van der Waals surface area contributed by atoms with Crippen LogP contribution in [0.4, 0.5) is 4.79 Å². The first-order valence-electron chi connectivity index (χ1n) is 10.5. The van der Waals surface area contributed by atoms with Crippen molar-refractivity contribution < 1.29 is 9.53 Å². The summed E-state index contributed by atoms with van der Waals surface area (Å²) in [6.45, 7) is 6.12.